The molecule has 1 aliphatic carbocycles. The second kappa shape index (κ2) is 5.36. The van der Waals surface area contributed by atoms with E-state index in [4.69, 9.17) is 0 Å². The summed E-state index contributed by atoms with van der Waals surface area (Å²) in [7, 11) is 0. The molecule has 0 heterocycles. The SMILES string of the molecule is BrC(Br)=C1CCCCCCC1. The van der Waals surface area contributed by atoms with Crippen LogP contribution in [-0.2, 0) is 0 Å². The first-order valence-corrected chi connectivity index (χ1v) is 5.92. The maximum Gasteiger partial charge on any atom is 0.0596 e. The fourth-order valence-electron chi connectivity index (χ4n) is 1.52. The van der Waals surface area contributed by atoms with Crippen molar-refractivity contribution in [2.45, 2.75) is 44.9 Å². The maximum absolute atomic E-state index is 3.49. The van der Waals surface area contributed by atoms with Gasteiger partial charge in [-0.15, -0.1) is 0 Å². The highest BCUT2D eigenvalue weighted by Gasteiger charge is 2.05. The summed E-state index contributed by atoms with van der Waals surface area (Å²) < 4.78 is 1.20. The van der Waals surface area contributed by atoms with Gasteiger partial charge in [0.2, 0.25) is 0 Å². The lowest BCUT2D eigenvalue weighted by Gasteiger charge is -2.11. The van der Waals surface area contributed by atoms with Gasteiger partial charge in [-0.05, 0) is 63.1 Å². The highest BCUT2D eigenvalue weighted by molar-refractivity contribution is 9.28. The van der Waals surface area contributed by atoms with Gasteiger partial charge in [-0.1, -0.05) is 19.3 Å². The van der Waals surface area contributed by atoms with Gasteiger partial charge in [0.15, 0.2) is 0 Å². The lowest BCUT2D eigenvalue weighted by atomic mass is 9.98. The zero-order valence-corrected chi connectivity index (χ0v) is 9.88. The molecular weight excluding hydrogens is 268 g/mol. The summed E-state index contributed by atoms with van der Waals surface area (Å²) in [5, 5.41) is 0. The van der Waals surface area contributed by atoms with Gasteiger partial charge in [-0.25, -0.2) is 0 Å². The van der Waals surface area contributed by atoms with Crippen LogP contribution in [-0.4, -0.2) is 0 Å². The number of hydrogen-bond donors (Lipinski definition) is 0. The molecular formula is C9H14Br2. The van der Waals surface area contributed by atoms with Gasteiger partial charge in [0.1, 0.15) is 0 Å². The molecule has 0 N–H and O–H groups in total. The first-order valence-electron chi connectivity index (χ1n) is 4.34. The van der Waals surface area contributed by atoms with Crippen molar-refractivity contribution in [2.24, 2.45) is 0 Å². The average molecular weight is 282 g/mol. The third-order valence-electron chi connectivity index (χ3n) is 2.22. The van der Waals surface area contributed by atoms with Crippen molar-refractivity contribution in [1.29, 1.82) is 0 Å². The van der Waals surface area contributed by atoms with Crippen LogP contribution in [0, 0.1) is 0 Å². The van der Waals surface area contributed by atoms with Crippen LogP contribution in [0.5, 0.6) is 0 Å². The summed E-state index contributed by atoms with van der Waals surface area (Å²) in [5.41, 5.74) is 1.57. The maximum atomic E-state index is 3.49. The molecule has 1 rings (SSSR count). The summed E-state index contributed by atoms with van der Waals surface area (Å²) in [5.74, 6) is 0. The molecule has 1 fully saturated rings. The van der Waals surface area contributed by atoms with Gasteiger partial charge in [0, 0.05) is 0 Å². The molecule has 0 bridgehead atoms. The van der Waals surface area contributed by atoms with Crippen LogP contribution in [0.15, 0.2) is 8.96 Å². The van der Waals surface area contributed by atoms with Gasteiger partial charge < -0.3 is 0 Å². The molecule has 0 aliphatic heterocycles. The fourth-order valence-corrected chi connectivity index (χ4v) is 2.31. The molecule has 0 atom stereocenters. The Morgan fingerprint density at radius 1 is 0.818 bits per heavy atom. The minimum Gasteiger partial charge on any atom is -0.0533 e. The molecule has 0 saturated heterocycles. The Morgan fingerprint density at radius 3 is 1.73 bits per heavy atom. The summed E-state index contributed by atoms with van der Waals surface area (Å²) >= 11 is 6.98. The summed E-state index contributed by atoms with van der Waals surface area (Å²) in [4.78, 5) is 0. The third-order valence-corrected chi connectivity index (χ3v) is 3.35. The first-order chi connectivity index (χ1) is 5.30. The van der Waals surface area contributed by atoms with Crippen LogP contribution in [0.1, 0.15) is 44.9 Å². The molecule has 0 unspecified atom stereocenters. The third kappa shape index (κ3) is 3.75. The van der Waals surface area contributed by atoms with Crippen LogP contribution >= 0.6 is 31.9 Å². The second-order valence-corrected chi connectivity index (χ2v) is 5.78. The second-order valence-electron chi connectivity index (χ2n) is 3.13. The quantitative estimate of drug-likeness (QED) is 0.602. The Hall–Kier alpha value is 0.700. The lowest BCUT2D eigenvalue weighted by molar-refractivity contribution is 0.569. The van der Waals surface area contributed by atoms with Crippen molar-refractivity contribution >= 4 is 31.9 Å². The van der Waals surface area contributed by atoms with Crippen molar-refractivity contribution < 1.29 is 0 Å². The van der Waals surface area contributed by atoms with Gasteiger partial charge in [0.05, 0.1) is 3.39 Å². The van der Waals surface area contributed by atoms with E-state index in [1.165, 1.54) is 48.3 Å². The Bertz CT molecular complexity index is 136. The smallest absolute Gasteiger partial charge is 0.0533 e. The Balaban J connectivity index is 2.45. The van der Waals surface area contributed by atoms with Gasteiger partial charge in [0.25, 0.3) is 0 Å². The summed E-state index contributed by atoms with van der Waals surface area (Å²) in [6.07, 6.45) is 9.57. The number of rotatable bonds is 0. The predicted molar refractivity (Wildman–Crippen MR) is 57.2 cm³/mol. The number of allylic oxidation sites excluding steroid dienone is 1. The van der Waals surface area contributed by atoms with Gasteiger partial charge in [-0.3, -0.25) is 0 Å². The minimum absolute atomic E-state index is 1.20. The largest absolute Gasteiger partial charge is 0.0596 e. The topological polar surface area (TPSA) is 0 Å². The summed E-state index contributed by atoms with van der Waals surface area (Å²) in [6, 6.07) is 0. The molecule has 0 amide bonds. The molecule has 64 valence electrons. The zero-order valence-electron chi connectivity index (χ0n) is 6.71. The Kier molecular flexibility index (Phi) is 4.77. The van der Waals surface area contributed by atoms with Crippen molar-refractivity contribution in [3.63, 3.8) is 0 Å². The van der Waals surface area contributed by atoms with E-state index < -0.39 is 0 Å². The normalized spacial score (nSPS) is 20.7. The molecule has 0 nitrogen and oxygen atoms in total. The Morgan fingerprint density at radius 2 is 1.27 bits per heavy atom. The van der Waals surface area contributed by atoms with E-state index in [2.05, 4.69) is 31.9 Å². The highest BCUT2D eigenvalue weighted by Crippen LogP contribution is 2.29. The zero-order chi connectivity index (χ0) is 8.10. The average Bonchev–Trinajstić information content (AvgIpc) is 1.84. The Labute approximate surface area is 85.7 Å². The van der Waals surface area contributed by atoms with Crippen LogP contribution in [0.4, 0.5) is 0 Å². The van der Waals surface area contributed by atoms with Crippen LogP contribution < -0.4 is 0 Å². The van der Waals surface area contributed by atoms with E-state index in [0.29, 0.717) is 0 Å². The van der Waals surface area contributed by atoms with E-state index in [1.807, 2.05) is 0 Å². The molecule has 0 aromatic carbocycles. The standard InChI is InChI=1S/C9H14Br2/c10-9(11)8-6-4-2-1-3-5-7-8/h1-7H2. The lowest BCUT2D eigenvalue weighted by Crippen LogP contribution is -1.91. The van der Waals surface area contributed by atoms with Crippen molar-refractivity contribution in [3.8, 4) is 0 Å². The number of hydrogen-bond acceptors (Lipinski definition) is 0. The van der Waals surface area contributed by atoms with E-state index in [0.717, 1.165) is 0 Å². The highest BCUT2D eigenvalue weighted by atomic mass is 79.9. The van der Waals surface area contributed by atoms with E-state index in [9.17, 15) is 0 Å². The number of halogens is 2. The minimum atomic E-state index is 1.20. The van der Waals surface area contributed by atoms with Gasteiger partial charge in [-0.2, -0.15) is 0 Å². The van der Waals surface area contributed by atoms with Crippen LogP contribution in [0.25, 0.3) is 0 Å². The van der Waals surface area contributed by atoms with Gasteiger partial charge >= 0.3 is 0 Å². The van der Waals surface area contributed by atoms with E-state index in [1.54, 1.807) is 5.57 Å². The molecule has 2 heteroatoms. The molecule has 11 heavy (non-hydrogen) atoms. The molecule has 1 saturated carbocycles. The fraction of sp³-hybridized carbons (Fsp3) is 0.778. The molecule has 1 aliphatic rings. The van der Waals surface area contributed by atoms with Crippen molar-refractivity contribution in [3.05, 3.63) is 8.96 Å². The molecule has 0 radical (unpaired) electrons. The van der Waals surface area contributed by atoms with Crippen LogP contribution in [0.2, 0.25) is 0 Å². The van der Waals surface area contributed by atoms with Crippen LogP contribution in [0.3, 0.4) is 0 Å². The van der Waals surface area contributed by atoms with Crippen molar-refractivity contribution in [1.82, 2.24) is 0 Å². The monoisotopic (exact) mass is 280 g/mol. The summed E-state index contributed by atoms with van der Waals surface area (Å²) in [6.45, 7) is 0. The van der Waals surface area contributed by atoms with Crippen molar-refractivity contribution in [2.75, 3.05) is 0 Å². The molecule has 0 spiro atoms. The van der Waals surface area contributed by atoms with E-state index >= 15 is 0 Å². The molecule has 0 aromatic rings. The molecule has 0 aromatic heterocycles. The predicted octanol–water partition coefficient (Wildman–Crippen LogP) is 4.73. The van der Waals surface area contributed by atoms with E-state index in [-0.39, 0.29) is 0 Å². The first kappa shape index (κ1) is 9.79.